The van der Waals surface area contributed by atoms with Crippen LogP contribution in [-0.2, 0) is 27.2 Å². The molecule has 0 N–H and O–H groups in total. The van der Waals surface area contributed by atoms with Crippen molar-refractivity contribution in [1.29, 1.82) is 0 Å². The van der Waals surface area contributed by atoms with Crippen LogP contribution in [0.1, 0.15) is 25.0 Å². The molecule has 0 spiro atoms. The maximum atomic E-state index is 13.5. The molecule has 0 fully saturated rings. The fourth-order valence-electron chi connectivity index (χ4n) is 5.96. The van der Waals surface area contributed by atoms with E-state index in [0.717, 1.165) is 55.1 Å². The molecule has 1 aliphatic carbocycles. The first kappa shape index (κ1) is 25.5. The summed E-state index contributed by atoms with van der Waals surface area (Å²) in [5.41, 5.74) is 5.33. The molecular formula is C33H25Cl2NO3. The van der Waals surface area contributed by atoms with Gasteiger partial charge in [0.05, 0.1) is 12.1 Å². The number of carbonyl (C=O) groups is 2. The minimum absolute atomic E-state index is 0.201. The van der Waals surface area contributed by atoms with Crippen LogP contribution >= 0.6 is 23.2 Å². The molecular weight excluding hydrogens is 529 g/mol. The first-order valence-corrected chi connectivity index (χ1v) is 13.6. The summed E-state index contributed by atoms with van der Waals surface area (Å²) < 4.78 is 5.51. The smallest absolute Gasteiger partial charge is 0.320 e. The highest BCUT2D eigenvalue weighted by molar-refractivity contribution is 6.31. The Balaban J connectivity index is 1.80. The number of pyridine rings is 1. The van der Waals surface area contributed by atoms with E-state index in [0.29, 0.717) is 10.0 Å². The van der Waals surface area contributed by atoms with Gasteiger partial charge in [-0.05, 0) is 90.4 Å². The number of halogens is 2. The lowest BCUT2D eigenvalue weighted by molar-refractivity contribution is -0.159. The maximum absolute atomic E-state index is 13.5. The van der Waals surface area contributed by atoms with Crippen LogP contribution in [0.5, 0.6) is 0 Å². The van der Waals surface area contributed by atoms with Gasteiger partial charge in [-0.3, -0.25) is 14.6 Å². The van der Waals surface area contributed by atoms with E-state index in [4.69, 9.17) is 32.9 Å². The molecule has 1 aromatic heterocycles. The molecule has 6 heteroatoms. The molecule has 1 unspecified atom stereocenters. The normalized spacial score (nSPS) is 16.4. The largest absolute Gasteiger partial charge is 0.465 e. The van der Waals surface area contributed by atoms with E-state index >= 15 is 0 Å². The van der Waals surface area contributed by atoms with Gasteiger partial charge in [0.1, 0.15) is 11.2 Å². The summed E-state index contributed by atoms with van der Waals surface area (Å²) in [6, 6.07) is 23.4. The molecule has 0 saturated heterocycles. The highest BCUT2D eigenvalue weighted by atomic mass is 35.5. The second kappa shape index (κ2) is 9.78. The molecule has 0 saturated carbocycles. The monoisotopic (exact) mass is 553 g/mol. The first-order chi connectivity index (χ1) is 18.8. The molecule has 5 aromatic rings. The summed E-state index contributed by atoms with van der Waals surface area (Å²) in [6.45, 7) is 3.45. The number of Topliss-reactive ketones (excluding diaryl/α,β-unsaturated/α-hetero) is 1. The number of esters is 1. The topological polar surface area (TPSA) is 56.3 Å². The van der Waals surface area contributed by atoms with Crippen molar-refractivity contribution in [3.63, 3.8) is 0 Å². The number of hydrogen-bond acceptors (Lipinski definition) is 4. The molecule has 194 valence electrons. The average Bonchev–Trinajstić information content (AvgIpc) is 3.35. The summed E-state index contributed by atoms with van der Waals surface area (Å²) in [5.74, 6) is -0.682. The summed E-state index contributed by atoms with van der Waals surface area (Å²) in [6.07, 6.45) is 2.40. The standard InChI is InChI=1S/C33H25Cl2NO3/c1-3-39-32(38)33(19(2)37)16-25-26(17-33)30(21-10-14-23(35)15-11-21)31-24-6-4-5-7-28(24)36-18-27(31)29(25)20-8-12-22(34)13-9-20/h4-15,18H,3,16-17H2,1-2H3. The van der Waals surface area contributed by atoms with Crippen molar-refractivity contribution >= 4 is 56.6 Å². The highest BCUT2D eigenvalue weighted by Gasteiger charge is 2.51. The number of para-hydroxylation sites is 1. The molecule has 4 aromatic carbocycles. The van der Waals surface area contributed by atoms with Crippen molar-refractivity contribution in [1.82, 2.24) is 4.98 Å². The molecule has 39 heavy (non-hydrogen) atoms. The lowest BCUT2D eigenvalue weighted by Gasteiger charge is -2.23. The number of ether oxygens (including phenoxy) is 1. The van der Waals surface area contributed by atoms with Crippen molar-refractivity contribution in [3.8, 4) is 22.3 Å². The van der Waals surface area contributed by atoms with Gasteiger partial charge in [-0.1, -0.05) is 65.7 Å². The predicted octanol–water partition coefficient (Wildman–Crippen LogP) is 8.27. The van der Waals surface area contributed by atoms with Crippen molar-refractivity contribution in [2.24, 2.45) is 5.41 Å². The Morgan fingerprint density at radius 3 is 1.97 bits per heavy atom. The van der Waals surface area contributed by atoms with E-state index in [2.05, 4.69) is 6.07 Å². The second-order valence-corrected chi connectivity index (χ2v) is 10.9. The highest BCUT2D eigenvalue weighted by Crippen LogP contribution is 2.52. The number of fused-ring (bicyclic) bond motifs is 4. The fraction of sp³-hybridized carbons (Fsp3) is 0.182. The fourth-order valence-corrected chi connectivity index (χ4v) is 6.21. The number of hydrogen-bond donors (Lipinski definition) is 0. The Morgan fingerprint density at radius 2 is 1.38 bits per heavy atom. The lowest BCUT2D eigenvalue weighted by atomic mass is 9.80. The summed E-state index contributed by atoms with van der Waals surface area (Å²) in [5, 5.41) is 4.23. The molecule has 1 aliphatic rings. The number of rotatable bonds is 5. The SMILES string of the molecule is CCOC(=O)C1(C(C)=O)Cc2c(c(-c3ccc(Cl)cc3)c3c(cnc4ccccc43)c2-c2ccc(Cl)cc2)C1. The van der Waals surface area contributed by atoms with Gasteiger partial charge in [-0.25, -0.2) is 0 Å². The second-order valence-electron chi connectivity index (χ2n) is 10.00. The van der Waals surface area contributed by atoms with Crippen LogP contribution in [0, 0.1) is 5.41 Å². The van der Waals surface area contributed by atoms with Crippen molar-refractivity contribution in [3.05, 3.63) is 100 Å². The molecule has 1 heterocycles. The Bertz CT molecular complexity index is 1780. The number of ketones is 1. The van der Waals surface area contributed by atoms with E-state index < -0.39 is 11.4 Å². The van der Waals surface area contributed by atoms with Gasteiger partial charge < -0.3 is 4.74 Å². The Labute approximate surface area is 236 Å². The van der Waals surface area contributed by atoms with Crippen LogP contribution in [0.25, 0.3) is 43.9 Å². The molecule has 0 amide bonds. The molecule has 6 rings (SSSR count). The molecule has 0 bridgehead atoms. The average molecular weight is 554 g/mol. The zero-order valence-electron chi connectivity index (χ0n) is 21.6. The van der Waals surface area contributed by atoms with Crippen LogP contribution < -0.4 is 0 Å². The van der Waals surface area contributed by atoms with E-state index in [9.17, 15) is 9.59 Å². The Hall–Kier alpha value is -3.73. The third-order valence-electron chi connectivity index (χ3n) is 7.83. The number of aromatic nitrogens is 1. The molecule has 1 atom stereocenters. The minimum Gasteiger partial charge on any atom is -0.465 e. The van der Waals surface area contributed by atoms with Crippen LogP contribution in [0.4, 0.5) is 0 Å². The van der Waals surface area contributed by atoms with E-state index in [1.165, 1.54) is 6.92 Å². The summed E-state index contributed by atoms with van der Waals surface area (Å²) in [4.78, 5) is 31.6. The zero-order valence-corrected chi connectivity index (χ0v) is 23.1. The van der Waals surface area contributed by atoms with Crippen LogP contribution in [-0.4, -0.2) is 23.3 Å². The van der Waals surface area contributed by atoms with E-state index in [-0.39, 0.29) is 25.2 Å². The number of carbonyl (C=O) groups excluding carboxylic acids is 2. The van der Waals surface area contributed by atoms with Gasteiger partial charge in [0.15, 0.2) is 0 Å². The maximum Gasteiger partial charge on any atom is 0.320 e. The van der Waals surface area contributed by atoms with Gasteiger partial charge in [0, 0.05) is 32.4 Å². The molecule has 4 nitrogen and oxygen atoms in total. The zero-order chi connectivity index (χ0) is 27.3. The number of benzene rings is 4. The molecule has 0 radical (unpaired) electrons. The minimum atomic E-state index is -1.30. The van der Waals surface area contributed by atoms with Crippen LogP contribution in [0.2, 0.25) is 10.0 Å². The summed E-state index contributed by atoms with van der Waals surface area (Å²) >= 11 is 12.5. The quantitative estimate of drug-likeness (QED) is 0.125. The predicted molar refractivity (Wildman–Crippen MR) is 157 cm³/mol. The van der Waals surface area contributed by atoms with Crippen LogP contribution in [0.15, 0.2) is 79.0 Å². The molecule has 0 aliphatic heterocycles. The summed E-state index contributed by atoms with van der Waals surface area (Å²) in [7, 11) is 0. The van der Waals surface area contributed by atoms with Crippen molar-refractivity contribution in [2.45, 2.75) is 26.7 Å². The van der Waals surface area contributed by atoms with Gasteiger partial charge in [0.2, 0.25) is 0 Å². The van der Waals surface area contributed by atoms with Gasteiger partial charge >= 0.3 is 5.97 Å². The number of nitrogens with zero attached hydrogens (tertiary/aromatic N) is 1. The van der Waals surface area contributed by atoms with E-state index in [1.54, 1.807) is 6.92 Å². The van der Waals surface area contributed by atoms with Crippen molar-refractivity contribution < 1.29 is 14.3 Å². The van der Waals surface area contributed by atoms with Crippen LogP contribution in [0.3, 0.4) is 0 Å². The van der Waals surface area contributed by atoms with Crippen molar-refractivity contribution in [2.75, 3.05) is 6.61 Å². The first-order valence-electron chi connectivity index (χ1n) is 12.9. The van der Waals surface area contributed by atoms with Gasteiger partial charge in [0.25, 0.3) is 0 Å². The Morgan fingerprint density at radius 1 is 0.821 bits per heavy atom. The third-order valence-corrected chi connectivity index (χ3v) is 8.33. The Kier molecular flexibility index (Phi) is 6.41. The van der Waals surface area contributed by atoms with E-state index in [1.807, 2.05) is 72.9 Å². The third kappa shape index (κ3) is 4.10. The lowest BCUT2D eigenvalue weighted by Crippen LogP contribution is -2.40. The van der Waals surface area contributed by atoms with Gasteiger partial charge in [-0.2, -0.15) is 0 Å². The van der Waals surface area contributed by atoms with Gasteiger partial charge in [-0.15, -0.1) is 0 Å².